The SMILES string of the molecule is Cc1ccccc1C(=S)C(=O)c1ccccc1. The number of thiocarbonyl (C=S) groups is 1. The molecule has 2 heteroatoms. The van der Waals surface area contributed by atoms with Crippen molar-refractivity contribution in [1.82, 2.24) is 0 Å². The lowest BCUT2D eigenvalue weighted by Crippen LogP contribution is -2.14. The number of hydrogen-bond donors (Lipinski definition) is 0. The van der Waals surface area contributed by atoms with E-state index in [1.54, 1.807) is 12.1 Å². The van der Waals surface area contributed by atoms with Crippen LogP contribution in [0.15, 0.2) is 54.6 Å². The molecule has 1 nitrogen and oxygen atoms in total. The summed E-state index contributed by atoms with van der Waals surface area (Å²) in [6.07, 6.45) is 0. The Balaban J connectivity index is 2.34. The lowest BCUT2D eigenvalue weighted by molar-refractivity contribution is 0.106. The highest BCUT2D eigenvalue weighted by Crippen LogP contribution is 2.12. The monoisotopic (exact) mass is 240 g/mol. The van der Waals surface area contributed by atoms with E-state index in [9.17, 15) is 4.79 Å². The van der Waals surface area contributed by atoms with Crippen molar-refractivity contribution < 1.29 is 4.79 Å². The summed E-state index contributed by atoms with van der Waals surface area (Å²) in [5, 5.41) is 0. The van der Waals surface area contributed by atoms with Gasteiger partial charge in [-0.2, -0.15) is 0 Å². The lowest BCUT2D eigenvalue weighted by atomic mass is 9.99. The standard InChI is InChI=1S/C15H12OS/c1-11-7-5-6-10-13(11)15(17)14(16)12-8-3-2-4-9-12/h2-10H,1H3. The summed E-state index contributed by atoms with van der Waals surface area (Å²) in [5.74, 6) is -0.0881. The van der Waals surface area contributed by atoms with Crippen molar-refractivity contribution in [2.45, 2.75) is 6.92 Å². The van der Waals surface area contributed by atoms with Gasteiger partial charge in [0.15, 0.2) is 0 Å². The van der Waals surface area contributed by atoms with E-state index in [0.29, 0.717) is 10.4 Å². The minimum atomic E-state index is -0.0881. The van der Waals surface area contributed by atoms with Crippen LogP contribution in [-0.2, 0) is 0 Å². The summed E-state index contributed by atoms with van der Waals surface area (Å²) in [4.78, 5) is 12.5. The van der Waals surface area contributed by atoms with Crippen LogP contribution in [0.2, 0.25) is 0 Å². The van der Waals surface area contributed by atoms with E-state index in [0.717, 1.165) is 11.1 Å². The smallest absolute Gasteiger partial charge is 0.204 e. The van der Waals surface area contributed by atoms with Gasteiger partial charge in [-0.05, 0) is 18.1 Å². The Hall–Kier alpha value is -1.80. The highest BCUT2D eigenvalue weighted by atomic mass is 32.1. The van der Waals surface area contributed by atoms with Crippen LogP contribution < -0.4 is 0 Å². The number of benzene rings is 2. The number of rotatable bonds is 3. The maximum absolute atomic E-state index is 12.2. The zero-order valence-corrected chi connectivity index (χ0v) is 10.3. The van der Waals surface area contributed by atoms with Gasteiger partial charge in [0.2, 0.25) is 5.78 Å². The van der Waals surface area contributed by atoms with Gasteiger partial charge in [-0.25, -0.2) is 0 Å². The molecule has 0 fully saturated rings. The van der Waals surface area contributed by atoms with Crippen molar-refractivity contribution in [2.75, 3.05) is 0 Å². The Labute approximate surface area is 106 Å². The highest BCUT2D eigenvalue weighted by molar-refractivity contribution is 7.82. The van der Waals surface area contributed by atoms with Crippen LogP contribution >= 0.6 is 12.2 Å². The summed E-state index contributed by atoms with van der Waals surface area (Å²) in [6.45, 7) is 1.96. The summed E-state index contributed by atoms with van der Waals surface area (Å²) < 4.78 is 0. The molecule has 0 saturated carbocycles. The molecule has 2 aromatic carbocycles. The van der Waals surface area contributed by atoms with Crippen LogP contribution in [0, 0.1) is 6.92 Å². The van der Waals surface area contributed by atoms with E-state index in [1.165, 1.54) is 0 Å². The molecule has 0 atom stereocenters. The average Bonchev–Trinajstić information content (AvgIpc) is 2.39. The van der Waals surface area contributed by atoms with Gasteiger partial charge in [0.05, 0.1) is 4.86 Å². The summed E-state index contributed by atoms with van der Waals surface area (Å²) in [6, 6.07) is 16.8. The van der Waals surface area contributed by atoms with Crippen molar-refractivity contribution in [3.63, 3.8) is 0 Å². The fourth-order valence-corrected chi connectivity index (χ4v) is 2.02. The van der Waals surface area contributed by atoms with E-state index in [2.05, 4.69) is 0 Å². The second kappa shape index (κ2) is 5.02. The highest BCUT2D eigenvalue weighted by Gasteiger charge is 2.14. The molecule has 0 bridgehead atoms. The predicted octanol–water partition coefficient (Wildman–Crippen LogP) is 3.60. The van der Waals surface area contributed by atoms with Gasteiger partial charge >= 0.3 is 0 Å². The van der Waals surface area contributed by atoms with Crippen molar-refractivity contribution in [2.24, 2.45) is 0 Å². The van der Waals surface area contributed by atoms with E-state index in [4.69, 9.17) is 12.2 Å². The first kappa shape index (κ1) is 11.7. The number of carbonyl (C=O) groups is 1. The minimum absolute atomic E-state index is 0.0881. The van der Waals surface area contributed by atoms with E-state index >= 15 is 0 Å². The molecule has 0 aliphatic heterocycles. The third kappa shape index (κ3) is 2.48. The Morgan fingerprint density at radius 1 is 0.941 bits per heavy atom. The number of hydrogen-bond acceptors (Lipinski definition) is 2. The van der Waals surface area contributed by atoms with Gasteiger partial charge in [0.25, 0.3) is 0 Å². The number of carbonyl (C=O) groups excluding carboxylic acids is 1. The van der Waals surface area contributed by atoms with Crippen LogP contribution in [0.5, 0.6) is 0 Å². The average molecular weight is 240 g/mol. The maximum atomic E-state index is 12.2. The fraction of sp³-hybridized carbons (Fsp3) is 0.0667. The quantitative estimate of drug-likeness (QED) is 0.602. The molecular formula is C15H12OS. The topological polar surface area (TPSA) is 17.1 Å². The predicted molar refractivity (Wildman–Crippen MR) is 73.7 cm³/mol. The summed E-state index contributed by atoms with van der Waals surface area (Å²) >= 11 is 5.26. The van der Waals surface area contributed by atoms with Crippen molar-refractivity contribution >= 4 is 22.9 Å². The summed E-state index contributed by atoms with van der Waals surface area (Å²) in [5.41, 5.74) is 2.51. The number of aryl methyl sites for hydroxylation is 1. The largest absolute Gasteiger partial charge is 0.288 e. The molecule has 0 aliphatic rings. The zero-order chi connectivity index (χ0) is 12.3. The zero-order valence-electron chi connectivity index (χ0n) is 9.51. The van der Waals surface area contributed by atoms with E-state index < -0.39 is 0 Å². The first-order valence-electron chi connectivity index (χ1n) is 5.40. The molecule has 84 valence electrons. The molecule has 0 spiro atoms. The van der Waals surface area contributed by atoms with Gasteiger partial charge in [-0.3, -0.25) is 4.79 Å². The van der Waals surface area contributed by atoms with Crippen molar-refractivity contribution in [3.8, 4) is 0 Å². The molecule has 2 rings (SSSR count). The molecule has 2 aromatic rings. The van der Waals surface area contributed by atoms with Crippen molar-refractivity contribution in [1.29, 1.82) is 0 Å². The third-order valence-corrected chi connectivity index (χ3v) is 3.04. The molecule has 0 N–H and O–H groups in total. The summed E-state index contributed by atoms with van der Waals surface area (Å²) in [7, 11) is 0. The Morgan fingerprint density at radius 3 is 2.18 bits per heavy atom. The van der Waals surface area contributed by atoms with Crippen LogP contribution in [0.4, 0.5) is 0 Å². The van der Waals surface area contributed by atoms with E-state index in [1.807, 2.05) is 49.4 Å². The van der Waals surface area contributed by atoms with Crippen LogP contribution in [0.3, 0.4) is 0 Å². The van der Waals surface area contributed by atoms with Gasteiger partial charge < -0.3 is 0 Å². The fourth-order valence-electron chi connectivity index (χ4n) is 1.67. The number of Topliss-reactive ketones (excluding diaryl/α,β-unsaturated/α-hetero) is 1. The molecule has 0 amide bonds. The molecule has 0 aliphatic carbocycles. The second-order valence-electron chi connectivity index (χ2n) is 3.84. The molecule has 0 aromatic heterocycles. The maximum Gasteiger partial charge on any atom is 0.204 e. The van der Waals surface area contributed by atoms with Crippen LogP contribution in [0.1, 0.15) is 21.5 Å². The Morgan fingerprint density at radius 2 is 1.53 bits per heavy atom. The molecule has 0 radical (unpaired) electrons. The molecule has 17 heavy (non-hydrogen) atoms. The first-order chi connectivity index (χ1) is 8.20. The molecule has 0 unspecified atom stereocenters. The lowest BCUT2D eigenvalue weighted by Gasteiger charge is -2.06. The van der Waals surface area contributed by atoms with Crippen LogP contribution in [0.25, 0.3) is 0 Å². The van der Waals surface area contributed by atoms with E-state index in [-0.39, 0.29) is 5.78 Å². The minimum Gasteiger partial charge on any atom is -0.288 e. The number of ketones is 1. The molecule has 0 heterocycles. The van der Waals surface area contributed by atoms with Gasteiger partial charge in [0, 0.05) is 5.56 Å². The van der Waals surface area contributed by atoms with Gasteiger partial charge in [-0.15, -0.1) is 0 Å². The Bertz CT molecular complexity index is 558. The molecular weight excluding hydrogens is 228 g/mol. The van der Waals surface area contributed by atoms with Gasteiger partial charge in [-0.1, -0.05) is 66.8 Å². The molecule has 0 saturated heterocycles. The Kier molecular flexibility index (Phi) is 3.45. The van der Waals surface area contributed by atoms with Crippen LogP contribution in [-0.4, -0.2) is 10.6 Å². The second-order valence-corrected chi connectivity index (χ2v) is 4.25. The normalized spacial score (nSPS) is 9.94. The van der Waals surface area contributed by atoms with Crippen molar-refractivity contribution in [3.05, 3.63) is 71.3 Å². The third-order valence-electron chi connectivity index (χ3n) is 2.63. The first-order valence-corrected chi connectivity index (χ1v) is 5.80. The van der Waals surface area contributed by atoms with Gasteiger partial charge in [0.1, 0.15) is 0 Å².